The van der Waals surface area contributed by atoms with E-state index in [0.717, 1.165) is 10.2 Å². The van der Waals surface area contributed by atoms with Crippen molar-refractivity contribution in [2.24, 2.45) is 0 Å². The smallest absolute Gasteiger partial charge is 0.197 e. The maximum Gasteiger partial charge on any atom is 0.267 e. The van der Waals surface area contributed by atoms with Gasteiger partial charge in [0.1, 0.15) is 5.52 Å². The second-order valence-corrected chi connectivity index (χ2v) is 3.88. The summed E-state index contributed by atoms with van der Waals surface area (Å²) < 4.78 is 10.1. The predicted molar refractivity (Wildman–Crippen MR) is 46.6 cm³/mol. The first-order chi connectivity index (χ1) is 5.27. The van der Waals surface area contributed by atoms with Crippen molar-refractivity contribution in [1.29, 1.82) is 0 Å². The summed E-state index contributed by atoms with van der Waals surface area (Å²) >= 11 is 5.73. The molecule has 0 spiro atoms. The van der Waals surface area contributed by atoms with Gasteiger partial charge in [-0.2, -0.15) is 9.54 Å². The molecule has 2 rings (SSSR count). The molecule has 1 unspecified atom stereocenters. The first kappa shape index (κ1) is 7.03. The zero-order valence-electron chi connectivity index (χ0n) is 5.49. The lowest BCUT2D eigenvalue weighted by Gasteiger charge is -1.83. The van der Waals surface area contributed by atoms with Crippen LogP contribution in [0, 0.1) is 0 Å². The Bertz CT molecular complexity index is 398. The SMILES string of the molecule is O[s+]1cnc2ccc(Cl)cc21. The van der Waals surface area contributed by atoms with Crippen molar-refractivity contribution < 1.29 is 4.55 Å². The van der Waals surface area contributed by atoms with E-state index < -0.39 is 10.8 Å². The predicted octanol–water partition coefficient (Wildman–Crippen LogP) is 2.77. The summed E-state index contributed by atoms with van der Waals surface area (Å²) in [6.45, 7) is 0. The third-order valence-corrected chi connectivity index (χ3v) is 2.76. The largest absolute Gasteiger partial charge is 0.267 e. The molecule has 1 atom stereocenters. The maximum absolute atomic E-state index is 9.33. The molecule has 0 fully saturated rings. The minimum absolute atomic E-state index is 0.640. The summed E-state index contributed by atoms with van der Waals surface area (Å²) in [5.74, 6) is 0. The van der Waals surface area contributed by atoms with E-state index in [2.05, 4.69) is 4.98 Å². The van der Waals surface area contributed by atoms with E-state index in [0.29, 0.717) is 5.02 Å². The van der Waals surface area contributed by atoms with Crippen molar-refractivity contribution in [3.8, 4) is 0 Å². The number of halogens is 1. The number of hydrogen-bond acceptors (Lipinski definition) is 2. The first-order valence-corrected chi connectivity index (χ1v) is 4.65. The van der Waals surface area contributed by atoms with Crippen LogP contribution in [0.15, 0.2) is 23.7 Å². The van der Waals surface area contributed by atoms with Crippen LogP contribution in [0.5, 0.6) is 0 Å². The van der Waals surface area contributed by atoms with E-state index in [9.17, 15) is 4.55 Å². The first-order valence-electron chi connectivity index (χ1n) is 3.03. The molecule has 0 saturated carbocycles. The Morgan fingerprint density at radius 2 is 2.27 bits per heavy atom. The van der Waals surface area contributed by atoms with Crippen LogP contribution in [-0.4, -0.2) is 9.54 Å². The van der Waals surface area contributed by atoms with Crippen molar-refractivity contribution in [1.82, 2.24) is 4.98 Å². The van der Waals surface area contributed by atoms with Crippen LogP contribution < -0.4 is 0 Å². The Morgan fingerprint density at radius 3 is 3.09 bits per heavy atom. The van der Waals surface area contributed by atoms with Crippen LogP contribution in [0.4, 0.5) is 0 Å². The number of rotatable bonds is 0. The minimum atomic E-state index is -0.834. The lowest BCUT2D eigenvalue weighted by atomic mass is 10.3. The summed E-state index contributed by atoms with van der Waals surface area (Å²) in [5.41, 5.74) is 2.35. The molecular weight excluding hydrogens is 182 g/mol. The maximum atomic E-state index is 9.33. The van der Waals surface area contributed by atoms with Gasteiger partial charge in [0.15, 0.2) is 10.8 Å². The van der Waals surface area contributed by atoms with Crippen molar-refractivity contribution in [3.63, 3.8) is 0 Å². The van der Waals surface area contributed by atoms with E-state index in [1.54, 1.807) is 18.2 Å². The number of aromatic nitrogens is 1. The summed E-state index contributed by atoms with van der Waals surface area (Å²) in [5, 5.41) is 0.640. The van der Waals surface area contributed by atoms with Gasteiger partial charge in [-0.25, -0.2) is 0 Å². The molecule has 1 N–H and O–H groups in total. The lowest BCUT2D eigenvalue weighted by Crippen LogP contribution is -1.66. The van der Waals surface area contributed by atoms with E-state index in [1.165, 1.54) is 5.51 Å². The average Bonchev–Trinajstić information content (AvgIpc) is 2.33. The average molecular weight is 187 g/mol. The summed E-state index contributed by atoms with van der Waals surface area (Å²) in [6, 6.07) is 5.31. The summed E-state index contributed by atoms with van der Waals surface area (Å²) in [7, 11) is -0.834. The van der Waals surface area contributed by atoms with Gasteiger partial charge in [0, 0.05) is 11.1 Å². The second kappa shape index (κ2) is 2.44. The van der Waals surface area contributed by atoms with Gasteiger partial charge in [-0.15, -0.1) is 0 Å². The van der Waals surface area contributed by atoms with Gasteiger partial charge in [-0.3, -0.25) is 0 Å². The zero-order chi connectivity index (χ0) is 7.84. The van der Waals surface area contributed by atoms with Gasteiger partial charge >= 0.3 is 0 Å². The molecule has 56 valence electrons. The molecule has 0 aliphatic carbocycles. The molecule has 0 radical (unpaired) electrons. The van der Waals surface area contributed by atoms with Gasteiger partial charge < -0.3 is 0 Å². The topological polar surface area (TPSA) is 33.1 Å². The van der Waals surface area contributed by atoms with E-state index in [4.69, 9.17) is 11.6 Å². The molecule has 0 aliphatic rings. The highest BCUT2D eigenvalue weighted by Crippen LogP contribution is 2.27. The molecule has 0 saturated heterocycles. The molecular formula is C7H5ClNOS+. The molecule has 1 heterocycles. The standard InChI is InChI=1S/C7H5ClNOS/c8-5-1-2-6-7(3-5)11(10)4-9-6/h1-4,10H/q+1. The number of fused-ring (bicyclic) bond motifs is 1. The van der Waals surface area contributed by atoms with Crippen LogP contribution in [0.3, 0.4) is 0 Å². The van der Waals surface area contributed by atoms with E-state index >= 15 is 0 Å². The third kappa shape index (κ3) is 1.11. The molecule has 1 aromatic carbocycles. The van der Waals surface area contributed by atoms with Gasteiger partial charge in [0.2, 0.25) is 4.70 Å². The highest BCUT2D eigenvalue weighted by Gasteiger charge is 2.11. The number of thiazole rings is 1. The molecule has 1 aromatic heterocycles. The van der Waals surface area contributed by atoms with Crippen molar-refractivity contribution in [3.05, 3.63) is 28.7 Å². The van der Waals surface area contributed by atoms with E-state index in [-0.39, 0.29) is 0 Å². The zero-order valence-corrected chi connectivity index (χ0v) is 7.06. The molecule has 2 nitrogen and oxygen atoms in total. The minimum Gasteiger partial charge on any atom is -0.197 e. The van der Waals surface area contributed by atoms with Crippen LogP contribution >= 0.6 is 22.4 Å². The number of benzene rings is 1. The Labute approximate surface area is 71.2 Å². The number of nitrogens with zero attached hydrogens (tertiary/aromatic N) is 1. The Morgan fingerprint density at radius 1 is 1.45 bits per heavy atom. The van der Waals surface area contributed by atoms with Gasteiger partial charge in [-0.05, 0) is 12.1 Å². The summed E-state index contributed by atoms with van der Waals surface area (Å²) in [4.78, 5) is 4.00. The van der Waals surface area contributed by atoms with Crippen molar-refractivity contribution >= 4 is 32.6 Å². The van der Waals surface area contributed by atoms with E-state index in [1.807, 2.05) is 0 Å². The van der Waals surface area contributed by atoms with Crippen LogP contribution in [0.1, 0.15) is 0 Å². The molecule has 0 amide bonds. The second-order valence-electron chi connectivity index (χ2n) is 2.16. The molecule has 4 heteroatoms. The van der Waals surface area contributed by atoms with Gasteiger partial charge in [0.05, 0.1) is 0 Å². The third-order valence-electron chi connectivity index (χ3n) is 1.44. The lowest BCUT2D eigenvalue weighted by molar-refractivity contribution is 0.644. The molecule has 11 heavy (non-hydrogen) atoms. The highest BCUT2D eigenvalue weighted by atomic mass is 35.5. The van der Waals surface area contributed by atoms with Gasteiger partial charge in [0.25, 0.3) is 5.51 Å². The Kier molecular flexibility index (Phi) is 1.56. The van der Waals surface area contributed by atoms with Crippen LogP contribution in [0.2, 0.25) is 5.02 Å². The highest BCUT2D eigenvalue weighted by molar-refractivity contribution is 7.29. The summed E-state index contributed by atoms with van der Waals surface area (Å²) in [6.07, 6.45) is 0. The quantitative estimate of drug-likeness (QED) is 0.642. The fraction of sp³-hybridized carbons (Fsp3) is 0. The Balaban J connectivity index is 2.87. The fourth-order valence-corrected chi connectivity index (χ4v) is 2.07. The van der Waals surface area contributed by atoms with Crippen LogP contribution in [0.25, 0.3) is 10.2 Å². The van der Waals surface area contributed by atoms with Gasteiger partial charge in [-0.1, -0.05) is 11.6 Å². The Hall–Kier alpha value is -0.640. The fourth-order valence-electron chi connectivity index (χ4n) is 0.926. The molecule has 2 aromatic rings. The molecule has 0 aliphatic heterocycles. The van der Waals surface area contributed by atoms with Crippen molar-refractivity contribution in [2.75, 3.05) is 0 Å². The monoisotopic (exact) mass is 186 g/mol. The molecule has 0 bridgehead atoms. The number of hydrogen-bond donors (Lipinski definition) is 1. The van der Waals surface area contributed by atoms with Crippen LogP contribution in [-0.2, 0) is 0 Å². The normalized spacial score (nSPS) is 12.4. The van der Waals surface area contributed by atoms with Crippen molar-refractivity contribution in [2.45, 2.75) is 0 Å².